The molecule has 1 aliphatic heterocycles. The molecule has 2 aromatic carbocycles. The van der Waals surface area contributed by atoms with E-state index in [1.165, 1.54) is 28.5 Å². The van der Waals surface area contributed by atoms with Crippen molar-refractivity contribution in [2.24, 2.45) is 0 Å². The van der Waals surface area contributed by atoms with Gasteiger partial charge in [0.15, 0.2) is 6.29 Å². The van der Waals surface area contributed by atoms with Crippen molar-refractivity contribution in [2.75, 3.05) is 20.3 Å². The van der Waals surface area contributed by atoms with E-state index in [0.29, 0.717) is 6.61 Å². The minimum absolute atomic E-state index is 0.0213. The second kappa shape index (κ2) is 9.26. The highest BCUT2D eigenvalue weighted by Crippen LogP contribution is 2.22. The molecule has 1 unspecified atom stereocenters. The lowest BCUT2D eigenvalue weighted by atomic mass is 10.0. The van der Waals surface area contributed by atoms with E-state index in [0.717, 1.165) is 44.6 Å². The molecule has 1 atom stereocenters. The Bertz CT molecular complexity index is 896. The Labute approximate surface area is 167 Å². The monoisotopic (exact) mass is 379 g/mol. The quantitative estimate of drug-likeness (QED) is 0.553. The third-order valence-corrected chi connectivity index (χ3v) is 5.49. The van der Waals surface area contributed by atoms with Crippen LogP contribution in [0, 0.1) is 0 Å². The van der Waals surface area contributed by atoms with Crippen LogP contribution in [0.4, 0.5) is 0 Å². The van der Waals surface area contributed by atoms with Crippen LogP contribution < -0.4 is 4.74 Å². The minimum atomic E-state index is -0.0213. The van der Waals surface area contributed by atoms with E-state index in [4.69, 9.17) is 14.2 Å². The molecule has 0 spiro atoms. The van der Waals surface area contributed by atoms with Crippen LogP contribution in [-0.4, -0.2) is 31.2 Å². The molecule has 2 heterocycles. The van der Waals surface area contributed by atoms with Gasteiger partial charge >= 0.3 is 0 Å². The van der Waals surface area contributed by atoms with Crippen LogP contribution in [0.5, 0.6) is 5.75 Å². The minimum Gasteiger partial charge on any atom is -0.496 e. The highest BCUT2D eigenvalue weighted by molar-refractivity contribution is 5.80. The van der Waals surface area contributed by atoms with Crippen LogP contribution in [0.1, 0.15) is 30.4 Å². The lowest BCUT2D eigenvalue weighted by Crippen LogP contribution is -2.23. The molecule has 0 saturated carbocycles. The summed E-state index contributed by atoms with van der Waals surface area (Å²) < 4.78 is 19.3. The Kier molecular flexibility index (Phi) is 6.30. The van der Waals surface area contributed by atoms with E-state index in [2.05, 4.69) is 47.2 Å². The zero-order valence-corrected chi connectivity index (χ0v) is 16.6. The lowest BCUT2D eigenvalue weighted by Gasteiger charge is -2.22. The molecule has 0 aliphatic carbocycles. The van der Waals surface area contributed by atoms with Crippen molar-refractivity contribution < 1.29 is 14.2 Å². The summed E-state index contributed by atoms with van der Waals surface area (Å²) in [5.41, 5.74) is 3.86. The van der Waals surface area contributed by atoms with Crippen LogP contribution in [0.2, 0.25) is 0 Å². The topological polar surface area (TPSA) is 32.6 Å². The van der Waals surface area contributed by atoms with Gasteiger partial charge in [0.05, 0.1) is 13.7 Å². The fourth-order valence-corrected chi connectivity index (χ4v) is 3.89. The summed E-state index contributed by atoms with van der Waals surface area (Å²) in [6.45, 7) is 2.35. The van der Waals surface area contributed by atoms with Crippen molar-refractivity contribution in [3.63, 3.8) is 0 Å². The molecule has 4 heteroatoms. The first-order valence-electron chi connectivity index (χ1n) is 10.3. The maximum Gasteiger partial charge on any atom is 0.157 e. The van der Waals surface area contributed by atoms with Crippen molar-refractivity contribution in [3.8, 4) is 5.75 Å². The van der Waals surface area contributed by atoms with Crippen LogP contribution >= 0.6 is 0 Å². The van der Waals surface area contributed by atoms with E-state index < -0.39 is 0 Å². The molecule has 1 aliphatic rings. The molecule has 148 valence electrons. The van der Waals surface area contributed by atoms with Crippen LogP contribution in [0.3, 0.4) is 0 Å². The summed E-state index contributed by atoms with van der Waals surface area (Å²) in [5.74, 6) is 0.967. The van der Waals surface area contributed by atoms with Crippen LogP contribution in [0.15, 0.2) is 54.7 Å². The Hall–Kier alpha value is -2.30. The number of aromatic nitrogens is 1. The number of methoxy groups -OCH3 is 1. The van der Waals surface area contributed by atoms with Gasteiger partial charge in [-0.25, -0.2) is 0 Å². The maximum absolute atomic E-state index is 5.91. The Morgan fingerprint density at radius 1 is 1.07 bits per heavy atom. The van der Waals surface area contributed by atoms with Crippen LogP contribution in [0.25, 0.3) is 10.9 Å². The lowest BCUT2D eigenvalue weighted by molar-refractivity contribution is -0.163. The first-order chi connectivity index (χ1) is 13.8. The molecule has 0 bridgehead atoms. The molecular weight excluding hydrogens is 350 g/mol. The van der Waals surface area contributed by atoms with E-state index in [1.807, 2.05) is 12.1 Å². The highest BCUT2D eigenvalue weighted by Gasteiger charge is 2.14. The van der Waals surface area contributed by atoms with Gasteiger partial charge in [-0.2, -0.15) is 0 Å². The van der Waals surface area contributed by atoms with Crippen LogP contribution in [-0.2, 0) is 28.9 Å². The van der Waals surface area contributed by atoms with Crippen molar-refractivity contribution >= 4 is 10.9 Å². The zero-order chi connectivity index (χ0) is 19.2. The fourth-order valence-electron chi connectivity index (χ4n) is 3.89. The number of hydrogen-bond acceptors (Lipinski definition) is 3. The summed E-state index contributed by atoms with van der Waals surface area (Å²) >= 11 is 0. The summed E-state index contributed by atoms with van der Waals surface area (Å²) in [6, 6.07) is 17.2. The second-order valence-electron chi connectivity index (χ2n) is 7.38. The molecular formula is C24H29NO3. The summed E-state index contributed by atoms with van der Waals surface area (Å²) in [6.07, 6.45) is 7.46. The Balaban J connectivity index is 1.39. The number of benzene rings is 2. The fraction of sp³-hybridized carbons (Fsp3) is 0.417. The van der Waals surface area contributed by atoms with Gasteiger partial charge < -0.3 is 18.8 Å². The Morgan fingerprint density at radius 3 is 2.86 bits per heavy atom. The molecule has 1 saturated heterocycles. The van der Waals surface area contributed by atoms with Gasteiger partial charge in [0, 0.05) is 24.9 Å². The van der Waals surface area contributed by atoms with Gasteiger partial charge in [-0.1, -0.05) is 30.3 Å². The molecule has 0 amide bonds. The first kappa shape index (κ1) is 19.0. The zero-order valence-electron chi connectivity index (χ0n) is 16.6. The third-order valence-electron chi connectivity index (χ3n) is 5.49. The molecule has 4 rings (SSSR count). The van der Waals surface area contributed by atoms with Crippen molar-refractivity contribution in [2.45, 2.75) is 44.9 Å². The van der Waals surface area contributed by atoms with Gasteiger partial charge in [0.1, 0.15) is 5.75 Å². The van der Waals surface area contributed by atoms with Crippen molar-refractivity contribution in [3.05, 3.63) is 65.9 Å². The van der Waals surface area contributed by atoms with Gasteiger partial charge in [0.2, 0.25) is 0 Å². The van der Waals surface area contributed by atoms with E-state index in [1.54, 1.807) is 7.11 Å². The van der Waals surface area contributed by atoms with Gasteiger partial charge in [-0.05, 0) is 66.8 Å². The number of rotatable bonds is 8. The standard InChI is InChI=1S/C24H29NO3/c1-26-23-7-3-2-6-21(23)12-10-19-9-11-20-13-14-25(22(20)18-19)15-17-28-24-8-4-5-16-27-24/h2-3,6-7,9,11,13-14,18,24H,4-5,8,10,12,15-17H2,1H3. The number of ether oxygens (including phenoxy) is 3. The summed E-state index contributed by atoms with van der Waals surface area (Å²) in [5, 5.41) is 1.27. The third kappa shape index (κ3) is 4.57. The van der Waals surface area contributed by atoms with E-state index in [9.17, 15) is 0 Å². The largest absolute Gasteiger partial charge is 0.496 e. The van der Waals surface area contributed by atoms with Crippen molar-refractivity contribution in [1.82, 2.24) is 4.57 Å². The molecule has 4 nitrogen and oxygen atoms in total. The molecule has 0 N–H and O–H groups in total. The Morgan fingerprint density at radius 2 is 2.00 bits per heavy atom. The maximum atomic E-state index is 5.91. The summed E-state index contributed by atoms with van der Waals surface area (Å²) in [4.78, 5) is 0. The smallest absolute Gasteiger partial charge is 0.157 e. The van der Waals surface area contributed by atoms with Gasteiger partial charge in [-0.15, -0.1) is 0 Å². The first-order valence-corrected chi connectivity index (χ1v) is 10.3. The second-order valence-corrected chi connectivity index (χ2v) is 7.38. The average Bonchev–Trinajstić information content (AvgIpc) is 3.15. The predicted octanol–water partition coefficient (Wildman–Crippen LogP) is 4.98. The van der Waals surface area contributed by atoms with E-state index in [-0.39, 0.29) is 6.29 Å². The molecule has 3 aromatic rings. The van der Waals surface area contributed by atoms with E-state index >= 15 is 0 Å². The molecule has 28 heavy (non-hydrogen) atoms. The molecule has 1 aromatic heterocycles. The predicted molar refractivity (Wildman–Crippen MR) is 112 cm³/mol. The number of fused-ring (bicyclic) bond motifs is 1. The number of aryl methyl sites for hydroxylation is 2. The SMILES string of the molecule is COc1ccccc1CCc1ccc2ccn(CCOC3CCCCO3)c2c1. The highest BCUT2D eigenvalue weighted by atomic mass is 16.7. The molecule has 1 fully saturated rings. The summed E-state index contributed by atoms with van der Waals surface area (Å²) in [7, 11) is 1.73. The van der Waals surface area contributed by atoms with Gasteiger partial charge in [-0.3, -0.25) is 0 Å². The number of para-hydroxylation sites is 1. The van der Waals surface area contributed by atoms with Crippen molar-refractivity contribution in [1.29, 1.82) is 0 Å². The number of hydrogen-bond donors (Lipinski definition) is 0. The van der Waals surface area contributed by atoms with Gasteiger partial charge in [0.25, 0.3) is 0 Å². The average molecular weight is 380 g/mol. The number of nitrogens with zero attached hydrogens (tertiary/aromatic N) is 1. The normalized spacial score (nSPS) is 17.1. The molecule has 0 radical (unpaired) electrons.